The minimum atomic E-state index is -0.452. The molecule has 0 radical (unpaired) electrons. The summed E-state index contributed by atoms with van der Waals surface area (Å²) in [4.78, 5) is 24.8. The van der Waals surface area contributed by atoms with E-state index in [1.54, 1.807) is 60.7 Å². The van der Waals surface area contributed by atoms with Gasteiger partial charge in [0, 0.05) is 22.7 Å². The average Bonchev–Trinajstić information content (AvgIpc) is 2.74. The molecule has 1 aliphatic rings. The molecule has 2 amide bonds. The lowest BCUT2D eigenvalue weighted by Crippen LogP contribution is -2.26. The molecule has 7 heteroatoms. The van der Waals surface area contributed by atoms with E-state index in [0.717, 1.165) is 0 Å². The predicted molar refractivity (Wildman–Crippen MR) is 113 cm³/mol. The van der Waals surface area contributed by atoms with Crippen LogP contribution >= 0.6 is 11.6 Å². The zero-order valence-corrected chi connectivity index (χ0v) is 16.4. The Morgan fingerprint density at radius 3 is 2.67 bits per heavy atom. The lowest BCUT2D eigenvalue weighted by atomic mass is 10.1. The SMILES string of the molecule is O=C1Nc2cc(C(=O)NCc3ccccc3F)ccc2O/C1=C\c1ccccc1Cl. The van der Waals surface area contributed by atoms with E-state index in [2.05, 4.69) is 10.6 Å². The van der Waals surface area contributed by atoms with Crippen LogP contribution in [0.15, 0.2) is 72.5 Å². The standard InChI is InChI=1S/C23H16ClFN2O3/c24-17-7-3-1-5-14(17)12-21-23(29)27-19-11-15(9-10-20(19)30-21)22(28)26-13-16-6-2-4-8-18(16)25/h1-12H,13H2,(H,26,28)(H,27,29)/b21-12-. The molecule has 150 valence electrons. The molecule has 30 heavy (non-hydrogen) atoms. The largest absolute Gasteiger partial charge is 0.449 e. The number of nitrogens with one attached hydrogen (secondary N) is 2. The van der Waals surface area contributed by atoms with Gasteiger partial charge in [-0.1, -0.05) is 48.0 Å². The number of carbonyl (C=O) groups excluding carboxylic acids is 2. The van der Waals surface area contributed by atoms with Gasteiger partial charge in [-0.15, -0.1) is 0 Å². The number of benzene rings is 3. The summed E-state index contributed by atoms with van der Waals surface area (Å²) in [5.74, 6) is -0.744. The van der Waals surface area contributed by atoms with Gasteiger partial charge in [-0.05, 0) is 42.0 Å². The van der Waals surface area contributed by atoms with Gasteiger partial charge in [-0.2, -0.15) is 0 Å². The summed E-state index contributed by atoms with van der Waals surface area (Å²) < 4.78 is 19.4. The van der Waals surface area contributed by atoms with Crippen LogP contribution in [0.25, 0.3) is 6.08 Å². The summed E-state index contributed by atoms with van der Waals surface area (Å²) in [6.07, 6.45) is 1.55. The highest BCUT2D eigenvalue weighted by Gasteiger charge is 2.23. The van der Waals surface area contributed by atoms with E-state index in [0.29, 0.717) is 33.1 Å². The monoisotopic (exact) mass is 422 g/mol. The van der Waals surface area contributed by atoms with Gasteiger partial charge >= 0.3 is 0 Å². The first-order chi connectivity index (χ1) is 14.5. The summed E-state index contributed by atoms with van der Waals surface area (Å²) in [7, 11) is 0. The molecule has 0 fully saturated rings. The first-order valence-corrected chi connectivity index (χ1v) is 9.50. The third-order valence-electron chi connectivity index (χ3n) is 4.52. The molecule has 1 heterocycles. The van der Waals surface area contributed by atoms with Crippen LogP contribution in [0.4, 0.5) is 10.1 Å². The minimum absolute atomic E-state index is 0.0518. The van der Waals surface area contributed by atoms with Crippen LogP contribution in [0, 0.1) is 5.82 Å². The third kappa shape index (κ3) is 4.18. The molecule has 0 bridgehead atoms. The summed E-state index contributed by atoms with van der Waals surface area (Å²) >= 11 is 6.13. The van der Waals surface area contributed by atoms with Crippen molar-refractivity contribution in [3.63, 3.8) is 0 Å². The molecule has 4 rings (SSSR count). The Balaban J connectivity index is 1.50. The third-order valence-corrected chi connectivity index (χ3v) is 4.87. The van der Waals surface area contributed by atoms with Crippen LogP contribution in [0.3, 0.4) is 0 Å². The van der Waals surface area contributed by atoms with Crippen molar-refractivity contribution in [2.75, 3.05) is 5.32 Å². The normalized spacial score (nSPS) is 13.9. The molecule has 0 spiro atoms. The van der Waals surface area contributed by atoms with E-state index in [-0.39, 0.29) is 18.1 Å². The molecule has 0 atom stereocenters. The van der Waals surface area contributed by atoms with Crippen LogP contribution in [0.2, 0.25) is 5.02 Å². The fraction of sp³-hybridized carbons (Fsp3) is 0.0435. The quantitative estimate of drug-likeness (QED) is 0.594. The van der Waals surface area contributed by atoms with Crippen LogP contribution in [-0.4, -0.2) is 11.8 Å². The van der Waals surface area contributed by atoms with Gasteiger partial charge in [0.05, 0.1) is 5.69 Å². The summed E-state index contributed by atoms with van der Waals surface area (Å²) in [5.41, 5.74) is 1.72. The van der Waals surface area contributed by atoms with E-state index in [1.165, 1.54) is 12.1 Å². The van der Waals surface area contributed by atoms with Gasteiger partial charge in [-0.25, -0.2) is 4.39 Å². The smallest absolute Gasteiger partial charge is 0.291 e. The molecule has 0 aliphatic carbocycles. The van der Waals surface area contributed by atoms with Crippen molar-refractivity contribution in [2.45, 2.75) is 6.54 Å². The van der Waals surface area contributed by atoms with Crippen molar-refractivity contribution in [3.8, 4) is 5.75 Å². The topological polar surface area (TPSA) is 67.4 Å². The summed E-state index contributed by atoms with van der Waals surface area (Å²) in [5, 5.41) is 5.87. The summed E-state index contributed by atoms with van der Waals surface area (Å²) in [6, 6.07) is 18.0. The number of amides is 2. The fourth-order valence-corrected chi connectivity index (χ4v) is 3.14. The van der Waals surface area contributed by atoms with E-state index in [1.807, 2.05) is 0 Å². The highest BCUT2D eigenvalue weighted by atomic mass is 35.5. The van der Waals surface area contributed by atoms with Crippen molar-refractivity contribution >= 4 is 35.2 Å². The molecule has 3 aromatic carbocycles. The highest BCUT2D eigenvalue weighted by molar-refractivity contribution is 6.32. The maximum absolute atomic E-state index is 13.7. The van der Waals surface area contributed by atoms with Gasteiger partial charge < -0.3 is 15.4 Å². The predicted octanol–water partition coefficient (Wildman–Crippen LogP) is 4.78. The highest BCUT2D eigenvalue weighted by Crippen LogP contribution is 2.33. The number of hydrogen-bond acceptors (Lipinski definition) is 3. The number of carbonyl (C=O) groups is 2. The molecule has 0 unspecified atom stereocenters. The molecular weight excluding hydrogens is 407 g/mol. The van der Waals surface area contributed by atoms with E-state index >= 15 is 0 Å². The van der Waals surface area contributed by atoms with Gasteiger partial charge in [0.2, 0.25) is 0 Å². The number of hydrogen-bond donors (Lipinski definition) is 2. The van der Waals surface area contributed by atoms with Gasteiger partial charge in [0.1, 0.15) is 5.82 Å². The van der Waals surface area contributed by atoms with Crippen LogP contribution < -0.4 is 15.4 Å². The second-order valence-corrected chi connectivity index (χ2v) is 6.98. The van der Waals surface area contributed by atoms with Crippen molar-refractivity contribution in [3.05, 3.63) is 100 Å². The number of rotatable bonds is 4. The molecule has 0 saturated heterocycles. The first-order valence-electron chi connectivity index (χ1n) is 9.12. The Hall–Kier alpha value is -3.64. The van der Waals surface area contributed by atoms with Crippen LogP contribution in [0.5, 0.6) is 5.75 Å². The fourth-order valence-electron chi connectivity index (χ4n) is 2.95. The van der Waals surface area contributed by atoms with Gasteiger partial charge in [0.25, 0.3) is 11.8 Å². The minimum Gasteiger partial charge on any atom is -0.449 e. The number of halogens is 2. The zero-order valence-electron chi connectivity index (χ0n) is 15.6. The Bertz CT molecular complexity index is 1180. The zero-order chi connectivity index (χ0) is 21.1. The van der Waals surface area contributed by atoms with Crippen molar-refractivity contribution in [1.29, 1.82) is 0 Å². The molecule has 5 nitrogen and oxygen atoms in total. The van der Waals surface area contributed by atoms with Crippen LogP contribution in [-0.2, 0) is 11.3 Å². The maximum Gasteiger partial charge on any atom is 0.291 e. The van der Waals surface area contributed by atoms with Crippen molar-refractivity contribution in [2.24, 2.45) is 0 Å². The van der Waals surface area contributed by atoms with E-state index in [4.69, 9.17) is 16.3 Å². The van der Waals surface area contributed by atoms with Gasteiger partial charge in [0.15, 0.2) is 11.5 Å². The van der Waals surface area contributed by atoms with Gasteiger partial charge in [-0.3, -0.25) is 9.59 Å². The average molecular weight is 423 g/mol. The Morgan fingerprint density at radius 2 is 1.87 bits per heavy atom. The lowest BCUT2D eigenvalue weighted by Gasteiger charge is -2.20. The van der Waals surface area contributed by atoms with E-state index < -0.39 is 11.8 Å². The Kier molecular flexibility index (Phi) is 5.50. The second kappa shape index (κ2) is 8.39. The maximum atomic E-state index is 13.7. The number of fused-ring (bicyclic) bond motifs is 1. The number of anilines is 1. The first kappa shape index (κ1) is 19.7. The molecule has 3 aromatic rings. The molecular formula is C23H16ClFN2O3. The second-order valence-electron chi connectivity index (χ2n) is 6.57. The lowest BCUT2D eigenvalue weighted by molar-refractivity contribution is -0.115. The van der Waals surface area contributed by atoms with E-state index in [9.17, 15) is 14.0 Å². The molecule has 1 aliphatic heterocycles. The van der Waals surface area contributed by atoms with Crippen molar-refractivity contribution in [1.82, 2.24) is 5.32 Å². The molecule has 2 N–H and O–H groups in total. The molecule has 0 aromatic heterocycles. The Morgan fingerprint density at radius 1 is 1.10 bits per heavy atom. The van der Waals surface area contributed by atoms with Crippen molar-refractivity contribution < 1.29 is 18.7 Å². The molecule has 0 saturated carbocycles. The Labute approximate surface area is 177 Å². The number of ether oxygens (including phenoxy) is 1. The summed E-state index contributed by atoms with van der Waals surface area (Å²) in [6.45, 7) is 0.0518. The van der Waals surface area contributed by atoms with Crippen LogP contribution in [0.1, 0.15) is 21.5 Å².